The number of aliphatic hydroxyl groups is 1. The highest BCUT2D eigenvalue weighted by molar-refractivity contribution is 5.90. The number of fused-ring (bicyclic) bond motifs is 2. The molecular weight excluding hydrogens is 456 g/mol. The number of hydrogen-bond acceptors (Lipinski definition) is 6. The Morgan fingerprint density at radius 2 is 1.75 bits per heavy atom. The molecule has 36 heavy (non-hydrogen) atoms. The van der Waals surface area contributed by atoms with E-state index in [0.717, 1.165) is 43.7 Å². The van der Waals surface area contributed by atoms with Crippen molar-refractivity contribution in [1.29, 1.82) is 0 Å². The lowest BCUT2D eigenvalue weighted by molar-refractivity contribution is -0.129. The van der Waals surface area contributed by atoms with Gasteiger partial charge in [0.25, 0.3) is 5.56 Å². The maximum atomic E-state index is 13.3. The van der Waals surface area contributed by atoms with Gasteiger partial charge in [-0.1, -0.05) is 24.3 Å². The monoisotopic (exact) mass is 490 g/mol. The summed E-state index contributed by atoms with van der Waals surface area (Å²) < 4.78 is 7.23. The van der Waals surface area contributed by atoms with Gasteiger partial charge in [-0.3, -0.25) is 14.5 Å². The molecule has 1 saturated heterocycles. The fourth-order valence-corrected chi connectivity index (χ4v) is 5.41. The fraction of sp³-hybridized carbons (Fsp3) is 0.429. The maximum absolute atomic E-state index is 13.3. The van der Waals surface area contributed by atoms with Crippen LogP contribution < -0.4 is 15.2 Å². The normalized spacial score (nSPS) is 17.2. The van der Waals surface area contributed by atoms with Crippen LogP contribution in [-0.2, 0) is 24.3 Å². The average molecular weight is 491 g/mol. The van der Waals surface area contributed by atoms with E-state index in [4.69, 9.17) is 4.74 Å². The highest BCUT2D eigenvalue weighted by atomic mass is 16.5. The Balaban J connectivity index is 1.32. The molecule has 1 atom stereocenters. The second kappa shape index (κ2) is 10.3. The van der Waals surface area contributed by atoms with Gasteiger partial charge in [0.2, 0.25) is 5.91 Å². The number of aliphatic hydroxyl groups excluding tert-OH is 1. The summed E-state index contributed by atoms with van der Waals surface area (Å²) in [7, 11) is 1.60. The zero-order valence-corrected chi connectivity index (χ0v) is 21.0. The van der Waals surface area contributed by atoms with Crippen LogP contribution in [0.1, 0.15) is 18.1 Å². The van der Waals surface area contributed by atoms with Crippen molar-refractivity contribution in [2.75, 3.05) is 51.3 Å². The van der Waals surface area contributed by atoms with Gasteiger partial charge < -0.3 is 24.2 Å². The summed E-state index contributed by atoms with van der Waals surface area (Å²) in [6.07, 6.45) is 2.00. The van der Waals surface area contributed by atoms with E-state index in [1.165, 1.54) is 11.1 Å². The number of methoxy groups -OCH3 is 1. The number of hydrogen-bond donors (Lipinski definition) is 1. The van der Waals surface area contributed by atoms with Gasteiger partial charge in [-0.25, -0.2) is 0 Å². The van der Waals surface area contributed by atoms with Crippen molar-refractivity contribution in [2.24, 2.45) is 0 Å². The largest absolute Gasteiger partial charge is 0.495 e. The molecule has 3 aromatic rings. The van der Waals surface area contributed by atoms with E-state index in [2.05, 4.69) is 34.1 Å². The number of nitrogens with zero attached hydrogens (tertiary/aromatic N) is 4. The molecule has 0 aliphatic carbocycles. The van der Waals surface area contributed by atoms with Crippen LogP contribution in [0.4, 0.5) is 5.69 Å². The first-order valence-corrected chi connectivity index (χ1v) is 12.6. The lowest BCUT2D eigenvalue weighted by Crippen LogP contribution is -2.48. The van der Waals surface area contributed by atoms with Crippen molar-refractivity contribution in [2.45, 2.75) is 32.5 Å². The molecule has 2 aliphatic rings. The van der Waals surface area contributed by atoms with E-state index >= 15 is 0 Å². The third-order valence-electron chi connectivity index (χ3n) is 7.43. The van der Waals surface area contributed by atoms with E-state index in [1.807, 2.05) is 23.1 Å². The summed E-state index contributed by atoms with van der Waals surface area (Å²) >= 11 is 0. The van der Waals surface area contributed by atoms with E-state index in [9.17, 15) is 14.7 Å². The first kappa shape index (κ1) is 24.3. The van der Waals surface area contributed by atoms with Crippen LogP contribution in [0, 0.1) is 0 Å². The Morgan fingerprint density at radius 1 is 1.00 bits per heavy atom. The van der Waals surface area contributed by atoms with Crippen molar-refractivity contribution in [3.63, 3.8) is 0 Å². The maximum Gasteiger partial charge on any atom is 0.258 e. The smallest absolute Gasteiger partial charge is 0.258 e. The van der Waals surface area contributed by atoms with Crippen LogP contribution in [0.3, 0.4) is 0 Å². The quantitative estimate of drug-likeness (QED) is 0.570. The summed E-state index contributed by atoms with van der Waals surface area (Å²) in [6, 6.07) is 14.2. The van der Waals surface area contributed by atoms with Crippen LogP contribution in [0.2, 0.25) is 0 Å². The van der Waals surface area contributed by atoms with E-state index < -0.39 is 6.10 Å². The molecule has 3 heterocycles. The van der Waals surface area contributed by atoms with Gasteiger partial charge in [0.1, 0.15) is 5.75 Å². The molecule has 2 aromatic carbocycles. The van der Waals surface area contributed by atoms with Crippen molar-refractivity contribution >= 4 is 22.4 Å². The van der Waals surface area contributed by atoms with Crippen molar-refractivity contribution < 1.29 is 14.6 Å². The Bertz CT molecular complexity index is 1310. The molecule has 0 bridgehead atoms. The summed E-state index contributed by atoms with van der Waals surface area (Å²) in [5, 5.41) is 12.2. The minimum atomic E-state index is -0.674. The van der Waals surface area contributed by atoms with Gasteiger partial charge in [0, 0.05) is 70.0 Å². The Morgan fingerprint density at radius 3 is 2.47 bits per heavy atom. The highest BCUT2D eigenvalue weighted by Gasteiger charge is 2.22. The Kier molecular flexibility index (Phi) is 6.98. The summed E-state index contributed by atoms with van der Waals surface area (Å²) in [5.41, 5.74) is 3.55. The van der Waals surface area contributed by atoms with Gasteiger partial charge in [-0.15, -0.1) is 0 Å². The summed E-state index contributed by atoms with van der Waals surface area (Å²) in [4.78, 5) is 31.3. The molecule has 0 saturated carbocycles. The van der Waals surface area contributed by atoms with Gasteiger partial charge in [0.05, 0.1) is 25.1 Å². The second-order valence-corrected chi connectivity index (χ2v) is 9.79. The number of ether oxygens (including phenoxy) is 1. The topological polar surface area (TPSA) is 78.2 Å². The molecular formula is C28H34N4O4. The zero-order chi connectivity index (χ0) is 25.2. The van der Waals surface area contributed by atoms with Crippen LogP contribution in [-0.4, -0.2) is 77.9 Å². The van der Waals surface area contributed by atoms with Crippen LogP contribution in [0.15, 0.2) is 53.5 Å². The van der Waals surface area contributed by atoms with Gasteiger partial charge >= 0.3 is 0 Å². The number of carbonyl (C=O) groups is 1. The molecule has 8 nitrogen and oxygen atoms in total. The lowest BCUT2D eigenvalue weighted by atomic mass is 10.00. The Hall–Kier alpha value is -3.36. The van der Waals surface area contributed by atoms with E-state index in [1.54, 1.807) is 24.8 Å². The molecule has 1 N–H and O–H groups in total. The van der Waals surface area contributed by atoms with Gasteiger partial charge in [-0.2, -0.15) is 0 Å². The highest BCUT2D eigenvalue weighted by Crippen LogP contribution is 2.28. The summed E-state index contributed by atoms with van der Waals surface area (Å²) in [6.45, 7) is 6.89. The number of rotatable bonds is 6. The van der Waals surface area contributed by atoms with Crippen LogP contribution in [0.25, 0.3) is 10.8 Å². The number of β-amino-alcohol motifs (C(OH)–C–C–N with tert-alkyl or cyclic N) is 1. The predicted molar refractivity (Wildman–Crippen MR) is 141 cm³/mol. The number of benzene rings is 2. The first-order chi connectivity index (χ1) is 17.4. The minimum absolute atomic E-state index is 0.0997. The first-order valence-electron chi connectivity index (χ1n) is 12.6. The van der Waals surface area contributed by atoms with E-state index in [-0.39, 0.29) is 18.0 Å². The second-order valence-electron chi connectivity index (χ2n) is 9.79. The Labute approximate surface area is 211 Å². The van der Waals surface area contributed by atoms with Crippen molar-refractivity contribution in [3.05, 3.63) is 70.1 Å². The van der Waals surface area contributed by atoms with Gasteiger partial charge in [0.15, 0.2) is 0 Å². The van der Waals surface area contributed by atoms with Crippen molar-refractivity contribution in [3.8, 4) is 5.75 Å². The third-order valence-corrected chi connectivity index (χ3v) is 7.43. The standard InChI is InChI=1S/C28H34N4O4/c1-20(33)30-11-13-31(14-12-30)23-7-8-25-26(15-23)27(36-2)19-32(28(25)35)18-24(34)17-29-10-9-21-5-3-4-6-22(21)16-29/h3-8,15,19,24,34H,9-14,16-18H2,1-2H3/t24-/m1/s1. The van der Waals surface area contributed by atoms with Crippen molar-refractivity contribution in [1.82, 2.24) is 14.4 Å². The number of amides is 1. The third kappa shape index (κ3) is 4.96. The number of aromatic nitrogens is 1. The van der Waals surface area contributed by atoms with Gasteiger partial charge in [-0.05, 0) is 35.7 Å². The molecule has 1 fully saturated rings. The molecule has 1 amide bonds. The summed E-state index contributed by atoms with van der Waals surface area (Å²) in [5.74, 6) is 0.704. The SMILES string of the molecule is COc1cn(C[C@H](O)CN2CCc3ccccc3C2)c(=O)c2ccc(N3CCN(C(C)=O)CC3)cc12. The molecule has 0 spiro atoms. The molecule has 8 heteroatoms. The molecule has 0 unspecified atom stereocenters. The molecule has 5 rings (SSSR count). The molecule has 1 aromatic heterocycles. The number of piperazine rings is 1. The number of pyridine rings is 1. The minimum Gasteiger partial charge on any atom is -0.495 e. The number of anilines is 1. The lowest BCUT2D eigenvalue weighted by Gasteiger charge is -2.35. The molecule has 190 valence electrons. The zero-order valence-electron chi connectivity index (χ0n) is 21.0. The van der Waals surface area contributed by atoms with E-state index in [0.29, 0.717) is 30.8 Å². The fourth-order valence-electron chi connectivity index (χ4n) is 5.41. The van der Waals surface area contributed by atoms with Crippen LogP contribution in [0.5, 0.6) is 5.75 Å². The number of carbonyl (C=O) groups excluding carboxylic acids is 1. The molecule has 2 aliphatic heterocycles. The van der Waals surface area contributed by atoms with Crippen LogP contribution >= 0.6 is 0 Å². The predicted octanol–water partition coefficient (Wildman–Crippen LogP) is 2.10. The average Bonchev–Trinajstić information content (AvgIpc) is 2.90. The molecule has 0 radical (unpaired) electrons.